The zero-order valence-corrected chi connectivity index (χ0v) is 13.1. The minimum Gasteiger partial charge on any atom is -0.481 e. The van der Waals surface area contributed by atoms with Gasteiger partial charge in [-0.2, -0.15) is 0 Å². The molecule has 0 aromatic heterocycles. The van der Waals surface area contributed by atoms with Crippen LogP contribution in [0.3, 0.4) is 0 Å². The van der Waals surface area contributed by atoms with E-state index in [1.54, 1.807) is 48.5 Å². The van der Waals surface area contributed by atoms with Crippen LogP contribution in [-0.2, 0) is 4.79 Å². The highest BCUT2D eigenvalue weighted by Gasteiger charge is 2.13. The van der Waals surface area contributed by atoms with E-state index in [4.69, 9.17) is 22.8 Å². The van der Waals surface area contributed by atoms with Gasteiger partial charge in [-0.25, -0.2) is 0 Å². The monoisotopic (exact) mass is 329 g/mol. The molecule has 23 heavy (non-hydrogen) atoms. The number of anilines is 1. The summed E-state index contributed by atoms with van der Waals surface area (Å²) in [6.07, 6.45) is 4.18. The van der Waals surface area contributed by atoms with Crippen LogP contribution in [0.25, 0.3) is 0 Å². The van der Waals surface area contributed by atoms with Crippen molar-refractivity contribution in [2.45, 2.75) is 12.5 Å². The van der Waals surface area contributed by atoms with E-state index in [0.29, 0.717) is 22.0 Å². The molecule has 1 amide bonds. The van der Waals surface area contributed by atoms with Crippen LogP contribution in [0.15, 0.2) is 48.5 Å². The predicted molar refractivity (Wildman–Crippen MR) is 90.4 cm³/mol. The second-order valence-corrected chi connectivity index (χ2v) is 5.27. The maximum atomic E-state index is 12.0. The van der Waals surface area contributed by atoms with Gasteiger partial charge in [-0.05, 0) is 42.0 Å². The first-order valence-electron chi connectivity index (χ1n) is 6.98. The quantitative estimate of drug-likeness (QED) is 0.798. The van der Waals surface area contributed by atoms with E-state index in [0.717, 1.165) is 0 Å². The Morgan fingerprint density at radius 1 is 1.22 bits per heavy atom. The molecule has 5 heteroatoms. The molecule has 4 nitrogen and oxygen atoms in total. The predicted octanol–water partition coefficient (Wildman–Crippen LogP) is 3.41. The molecule has 118 valence electrons. The highest BCUT2D eigenvalue weighted by Crippen LogP contribution is 2.20. The number of hydrogen-bond donors (Lipinski definition) is 2. The van der Waals surface area contributed by atoms with Crippen molar-refractivity contribution in [3.63, 3.8) is 0 Å². The van der Waals surface area contributed by atoms with E-state index in [2.05, 4.69) is 11.2 Å². The molecule has 2 rings (SSSR count). The second kappa shape index (κ2) is 8.23. The second-order valence-electron chi connectivity index (χ2n) is 4.84. The van der Waals surface area contributed by atoms with Crippen molar-refractivity contribution in [3.05, 3.63) is 59.1 Å². The third kappa shape index (κ3) is 5.33. The molecule has 0 saturated heterocycles. The Morgan fingerprint density at radius 2 is 1.87 bits per heavy atom. The van der Waals surface area contributed by atoms with Crippen molar-refractivity contribution in [1.29, 1.82) is 0 Å². The van der Waals surface area contributed by atoms with Gasteiger partial charge < -0.3 is 15.2 Å². The Hall–Kier alpha value is -2.48. The van der Waals surface area contributed by atoms with Crippen molar-refractivity contribution >= 4 is 23.2 Å². The van der Waals surface area contributed by atoms with Crippen LogP contribution < -0.4 is 10.1 Å². The number of benzene rings is 2. The molecule has 0 heterocycles. The average Bonchev–Trinajstić information content (AvgIpc) is 2.54. The van der Waals surface area contributed by atoms with Crippen molar-refractivity contribution in [2.24, 2.45) is 0 Å². The van der Waals surface area contributed by atoms with Gasteiger partial charge in [0.15, 0.2) is 0 Å². The molecule has 0 aliphatic rings. The SMILES string of the molecule is C#CCOc1ccc(NC(=O)CC(O)c2ccc(Cl)cc2)cc1. The van der Waals surface area contributed by atoms with Crippen LogP contribution in [0.1, 0.15) is 18.1 Å². The lowest BCUT2D eigenvalue weighted by molar-refractivity contribution is -0.118. The van der Waals surface area contributed by atoms with Gasteiger partial charge in [0, 0.05) is 10.7 Å². The Balaban J connectivity index is 1.89. The lowest BCUT2D eigenvalue weighted by Crippen LogP contribution is -2.15. The number of halogens is 1. The van der Waals surface area contributed by atoms with E-state index >= 15 is 0 Å². The van der Waals surface area contributed by atoms with Crippen LogP contribution in [-0.4, -0.2) is 17.6 Å². The summed E-state index contributed by atoms with van der Waals surface area (Å²) in [6.45, 7) is 0.193. The lowest BCUT2D eigenvalue weighted by atomic mass is 10.1. The molecular formula is C18H16ClNO3. The third-order valence-electron chi connectivity index (χ3n) is 3.09. The van der Waals surface area contributed by atoms with E-state index in [9.17, 15) is 9.90 Å². The van der Waals surface area contributed by atoms with Gasteiger partial charge in [0.25, 0.3) is 0 Å². The van der Waals surface area contributed by atoms with Crippen LogP contribution in [0.4, 0.5) is 5.69 Å². The van der Waals surface area contributed by atoms with Gasteiger partial charge in [-0.1, -0.05) is 29.7 Å². The van der Waals surface area contributed by atoms with Gasteiger partial charge in [0.2, 0.25) is 5.91 Å². The molecule has 0 aliphatic carbocycles. The normalized spacial score (nSPS) is 11.3. The summed E-state index contributed by atoms with van der Waals surface area (Å²) in [5.41, 5.74) is 1.26. The minimum atomic E-state index is -0.884. The van der Waals surface area contributed by atoms with E-state index < -0.39 is 6.10 Å². The minimum absolute atomic E-state index is 0.0447. The molecule has 0 saturated carbocycles. The molecule has 0 spiro atoms. The Bertz CT molecular complexity index is 690. The zero-order chi connectivity index (χ0) is 16.7. The molecule has 0 aliphatic heterocycles. The standard InChI is InChI=1S/C18H16ClNO3/c1-2-11-23-16-9-7-15(8-10-16)20-18(22)12-17(21)13-3-5-14(19)6-4-13/h1,3-10,17,21H,11-12H2,(H,20,22). The fourth-order valence-electron chi connectivity index (χ4n) is 1.95. The smallest absolute Gasteiger partial charge is 0.227 e. The zero-order valence-electron chi connectivity index (χ0n) is 12.3. The van der Waals surface area contributed by atoms with E-state index in [-0.39, 0.29) is 18.9 Å². The van der Waals surface area contributed by atoms with E-state index in [1.807, 2.05) is 0 Å². The van der Waals surface area contributed by atoms with Crippen LogP contribution >= 0.6 is 11.6 Å². The number of rotatable bonds is 6. The van der Waals surface area contributed by atoms with Crippen LogP contribution in [0, 0.1) is 12.3 Å². The number of aliphatic hydroxyl groups excluding tert-OH is 1. The Labute approximate surface area is 140 Å². The average molecular weight is 330 g/mol. The van der Waals surface area contributed by atoms with Gasteiger partial charge in [0.1, 0.15) is 12.4 Å². The van der Waals surface area contributed by atoms with Gasteiger partial charge in [-0.15, -0.1) is 6.42 Å². The number of ether oxygens (including phenoxy) is 1. The summed E-state index contributed by atoms with van der Waals surface area (Å²) in [6, 6.07) is 13.6. The first-order valence-corrected chi connectivity index (χ1v) is 7.36. The third-order valence-corrected chi connectivity index (χ3v) is 3.35. The van der Waals surface area contributed by atoms with Crippen molar-refractivity contribution in [2.75, 3.05) is 11.9 Å². The topological polar surface area (TPSA) is 58.6 Å². The Morgan fingerprint density at radius 3 is 2.48 bits per heavy atom. The number of carbonyl (C=O) groups excluding carboxylic acids is 1. The van der Waals surface area contributed by atoms with E-state index in [1.165, 1.54) is 0 Å². The summed E-state index contributed by atoms with van der Waals surface area (Å²) in [7, 11) is 0. The molecular weight excluding hydrogens is 314 g/mol. The lowest BCUT2D eigenvalue weighted by Gasteiger charge is -2.12. The van der Waals surface area contributed by atoms with Crippen molar-refractivity contribution in [3.8, 4) is 18.1 Å². The number of nitrogens with one attached hydrogen (secondary N) is 1. The molecule has 2 aromatic carbocycles. The molecule has 0 radical (unpaired) electrons. The van der Waals surface area contributed by atoms with Gasteiger partial charge in [0.05, 0.1) is 12.5 Å². The molecule has 2 N–H and O–H groups in total. The molecule has 2 aromatic rings. The molecule has 1 atom stereocenters. The largest absolute Gasteiger partial charge is 0.481 e. The number of amides is 1. The van der Waals surface area contributed by atoms with Crippen molar-refractivity contribution in [1.82, 2.24) is 0 Å². The maximum Gasteiger partial charge on any atom is 0.227 e. The molecule has 1 unspecified atom stereocenters. The van der Waals surface area contributed by atoms with Crippen LogP contribution in [0.5, 0.6) is 5.75 Å². The summed E-state index contributed by atoms with van der Waals surface area (Å²) in [4.78, 5) is 12.0. The maximum absolute atomic E-state index is 12.0. The van der Waals surface area contributed by atoms with Crippen LogP contribution in [0.2, 0.25) is 5.02 Å². The summed E-state index contributed by atoms with van der Waals surface area (Å²) >= 11 is 5.79. The number of hydrogen-bond acceptors (Lipinski definition) is 3. The fourth-order valence-corrected chi connectivity index (χ4v) is 2.08. The van der Waals surface area contributed by atoms with Crippen molar-refractivity contribution < 1.29 is 14.6 Å². The highest BCUT2D eigenvalue weighted by atomic mass is 35.5. The number of carbonyl (C=O) groups is 1. The van der Waals surface area contributed by atoms with Gasteiger partial charge >= 0.3 is 0 Å². The first kappa shape index (κ1) is 16.9. The van der Waals surface area contributed by atoms with Gasteiger partial charge in [-0.3, -0.25) is 4.79 Å². The summed E-state index contributed by atoms with van der Waals surface area (Å²) in [5, 5.41) is 13.4. The number of aliphatic hydroxyl groups is 1. The first-order chi connectivity index (χ1) is 11.1. The summed E-state index contributed by atoms with van der Waals surface area (Å²) in [5.74, 6) is 2.72. The highest BCUT2D eigenvalue weighted by molar-refractivity contribution is 6.30. The fraction of sp³-hybridized carbons (Fsp3) is 0.167. The Kier molecular flexibility index (Phi) is 6.04. The number of terminal acetylenes is 1. The molecule has 0 fully saturated rings. The summed E-state index contributed by atoms with van der Waals surface area (Å²) < 4.78 is 5.25. The molecule has 0 bridgehead atoms.